The molecule has 0 heterocycles. The van der Waals surface area contributed by atoms with Crippen LogP contribution in [0.3, 0.4) is 0 Å². The van der Waals surface area contributed by atoms with E-state index in [1.54, 1.807) is 0 Å². The van der Waals surface area contributed by atoms with E-state index in [0.717, 1.165) is 6.54 Å². The lowest BCUT2D eigenvalue weighted by molar-refractivity contribution is -0.122. The van der Waals surface area contributed by atoms with Gasteiger partial charge in [-0.25, -0.2) is 0 Å². The van der Waals surface area contributed by atoms with Crippen molar-refractivity contribution in [2.75, 3.05) is 6.54 Å². The summed E-state index contributed by atoms with van der Waals surface area (Å²) in [6.07, 6.45) is 5.02. The molecule has 88 valence electrons. The summed E-state index contributed by atoms with van der Waals surface area (Å²) in [5.41, 5.74) is 0.403. The Morgan fingerprint density at radius 2 is 2.07 bits per heavy atom. The van der Waals surface area contributed by atoms with Crippen LogP contribution in [-0.4, -0.2) is 17.7 Å². The molecule has 0 aromatic rings. The van der Waals surface area contributed by atoms with Crippen LogP contribution in [0.15, 0.2) is 0 Å². The van der Waals surface area contributed by atoms with Crippen LogP contribution in [0.5, 0.6) is 0 Å². The summed E-state index contributed by atoms with van der Waals surface area (Å²) in [6.45, 7) is 7.10. The van der Waals surface area contributed by atoms with Crippen LogP contribution in [-0.2, 0) is 4.79 Å². The van der Waals surface area contributed by atoms with Gasteiger partial charge in [0.15, 0.2) is 0 Å². The first-order chi connectivity index (χ1) is 7.01. The van der Waals surface area contributed by atoms with Crippen LogP contribution >= 0.6 is 12.6 Å². The fraction of sp³-hybridized carbons (Fsp3) is 0.917. The van der Waals surface area contributed by atoms with E-state index in [0.29, 0.717) is 11.3 Å². The molecule has 0 aliphatic heterocycles. The average Bonchev–Trinajstić information content (AvgIpc) is 2.15. The van der Waals surface area contributed by atoms with Crippen LogP contribution in [0.1, 0.15) is 46.5 Å². The quantitative estimate of drug-likeness (QED) is 0.697. The monoisotopic (exact) mass is 229 g/mol. The van der Waals surface area contributed by atoms with E-state index in [1.165, 1.54) is 25.7 Å². The molecular weight excluding hydrogens is 206 g/mol. The normalized spacial score (nSPS) is 20.9. The summed E-state index contributed by atoms with van der Waals surface area (Å²) in [4.78, 5) is 11.7. The van der Waals surface area contributed by atoms with Gasteiger partial charge < -0.3 is 5.32 Å². The summed E-state index contributed by atoms with van der Waals surface area (Å²) in [5, 5.41) is 2.87. The predicted molar refractivity (Wildman–Crippen MR) is 67.2 cm³/mol. The SMILES string of the molecule is CCC1(CNC(=O)C(S)C(C)C)CCC1. The number of nitrogens with one attached hydrogen (secondary N) is 1. The topological polar surface area (TPSA) is 29.1 Å². The number of rotatable bonds is 5. The van der Waals surface area contributed by atoms with E-state index in [-0.39, 0.29) is 11.2 Å². The Kier molecular flexibility index (Phi) is 4.50. The highest BCUT2D eigenvalue weighted by Gasteiger charge is 2.35. The minimum Gasteiger partial charge on any atom is -0.355 e. The van der Waals surface area contributed by atoms with E-state index in [2.05, 4.69) is 24.9 Å². The Bertz CT molecular complexity index is 218. The number of hydrogen-bond acceptors (Lipinski definition) is 2. The number of amides is 1. The lowest BCUT2D eigenvalue weighted by Gasteiger charge is -2.41. The standard InChI is InChI=1S/C12H23NOS/c1-4-12(6-5-7-12)8-13-11(14)10(15)9(2)3/h9-10,15H,4-8H2,1-3H3,(H,13,14). The number of hydrogen-bond donors (Lipinski definition) is 2. The minimum absolute atomic E-state index is 0.0908. The van der Waals surface area contributed by atoms with Crippen LogP contribution in [0.2, 0.25) is 0 Å². The van der Waals surface area contributed by atoms with Gasteiger partial charge in [0.2, 0.25) is 5.91 Å². The zero-order valence-corrected chi connectivity index (χ0v) is 10.9. The molecular formula is C12H23NOS. The third kappa shape index (κ3) is 3.13. The van der Waals surface area contributed by atoms with Crippen molar-refractivity contribution in [2.24, 2.45) is 11.3 Å². The second-order valence-corrected chi connectivity index (χ2v) is 5.67. The number of carbonyl (C=O) groups is 1. The average molecular weight is 229 g/mol. The smallest absolute Gasteiger partial charge is 0.233 e. The summed E-state index contributed by atoms with van der Waals surface area (Å²) in [5.74, 6) is 0.389. The third-order valence-electron chi connectivity index (χ3n) is 3.70. The maximum atomic E-state index is 11.7. The van der Waals surface area contributed by atoms with Gasteiger partial charge in [-0.1, -0.05) is 27.2 Å². The fourth-order valence-corrected chi connectivity index (χ4v) is 2.11. The van der Waals surface area contributed by atoms with E-state index in [9.17, 15) is 4.79 Å². The second kappa shape index (κ2) is 5.24. The fourth-order valence-electron chi connectivity index (χ4n) is 2.01. The molecule has 0 aromatic carbocycles. The molecule has 1 amide bonds. The highest BCUT2D eigenvalue weighted by Crippen LogP contribution is 2.43. The zero-order chi connectivity index (χ0) is 11.5. The van der Waals surface area contributed by atoms with Gasteiger partial charge in [-0.2, -0.15) is 12.6 Å². The first kappa shape index (κ1) is 12.9. The van der Waals surface area contributed by atoms with Gasteiger partial charge in [0.1, 0.15) is 0 Å². The van der Waals surface area contributed by atoms with Crippen molar-refractivity contribution in [3.05, 3.63) is 0 Å². The molecule has 0 radical (unpaired) electrons. The van der Waals surface area contributed by atoms with Crippen molar-refractivity contribution >= 4 is 18.5 Å². The zero-order valence-electron chi connectivity index (χ0n) is 10.0. The van der Waals surface area contributed by atoms with Gasteiger partial charge in [0.25, 0.3) is 0 Å². The summed E-state index contributed by atoms with van der Waals surface area (Å²) in [7, 11) is 0. The lowest BCUT2D eigenvalue weighted by Crippen LogP contribution is -2.44. The summed E-state index contributed by atoms with van der Waals surface area (Å²) < 4.78 is 0. The Balaban J connectivity index is 2.33. The Hall–Kier alpha value is -0.180. The third-order valence-corrected chi connectivity index (χ3v) is 4.53. The molecule has 0 aromatic heterocycles. The van der Waals surface area contributed by atoms with Gasteiger partial charge >= 0.3 is 0 Å². The first-order valence-electron chi connectivity index (χ1n) is 5.96. The maximum Gasteiger partial charge on any atom is 0.233 e. The number of carbonyl (C=O) groups excluding carboxylic acids is 1. The van der Waals surface area contributed by atoms with E-state index in [1.807, 2.05) is 13.8 Å². The van der Waals surface area contributed by atoms with Gasteiger partial charge in [0, 0.05) is 6.54 Å². The Morgan fingerprint density at radius 1 is 1.47 bits per heavy atom. The van der Waals surface area contributed by atoms with Gasteiger partial charge in [-0.05, 0) is 30.6 Å². The molecule has 1 N–H and O–H groups in total. The first-order valence-corrected chi connectivity index (χ1v) is 6.48. The molecule has 1 atom stereocenters. The van der Waals surface area contributed by atoms with Gasteiger partial charge in [-0.3, -0.25) is 4.79 Å². The molecule has 0 saturated heterocycles. The summed E-state index contributed by atoms with van der Waals surface area (Å²) >= 11 is 4.31. The van der Waals surface area contributed by atoms with E-state index in [4.69, 9.17) is 0 Å². The lowest BCUT2D eigenvalue weighted by atomic mass is 9.67. The van der Waals surface area contributed by atoms with E-state index < -0.39 is 0 Å². The highest BCUT2D eigenvalue weighted by molar-refractivity contribution is 7.81. The molecule has 1 aliphatic rings. The molecule has 3 heteroatoms. The van der Waals surface area contributed by atoms with E-state index >= 15 is 0 Å². The minimum atomic E-state index is -0.168. The van der Waals surface area contributed by atoms with Crippen molar-refractivity contribution in [1.82, 2.24) is 5.32 Å². The molecule has 1 aliphatic carbocycles. The summed E-state index contributed by atoms with van der Waals surface area (Å²) in [6, 6.07) is 0. The molecule has 0 bridgehead atoms. The molecule has 1 fully saturated rings. The van der Waals surface area contributed by atoms with Crippen molar-refractivity contribution in [1.29, 1.82) is 0 Å². The second-order valence-electron chi connectivity index (χ2n) is 5.11. The molecule has 2 nitrogen and oxygen atoms in total. The number of thiol groups is 1. The molecule has 1 unspecified atom stereocenters. The van der Waals surface area contributed by atoms with Crippen molar-refractivity contribution in [3.63, 3.8) is 0 Å². The van der Waals surface area contributed by atoms with Crippen LogP contribution in [0.25, 0.3) is 0 Å². The Labute approximate surface area is 98.6 Å². The Morgan fingerprint density at radius 3 is 2.40 bits per heavy atom. The largest absolute Gasteiger partial charge is 0.355 e. The van der Waals surface area contributed by atoms with Crippen LogP contribution < -0.4 is 5.32 Å². The molecule has 0 spiro atoms. The molecule has 1 saturated carbocycles. The van der Waals surface area contributed by atoms with Gasteiger partial charge in [-0.15, -0.1) is 0 Å². The van der Waals surface area contributed by atoms with Crippen LogP contribution in [0.4, 0.5) is 0 Å². The maximum absolute atomic E-state index is 11.7. The highest BCUT2D eigenvalue weighted by atomic mass is 32.1. The van der Waals surface area contributed by atoms with Crippen LogP contribution in [0, 0.1) is 11.3 Å². The predicted octanol–water partition coefficient (Wildman–Crippen LogP) is 2.64. The van der Waals surface area contributed by atoms with Crippen molar-refractivity contribution < 1.29 is 4.79 Å². The molecule has 15 heavy (non-hydrogen) atoms. The van der Waals surface area contributed by atoms with Gasteiger partial charge in [0.05, 0.1) is 5.25 Å². The van der Waals surface area contributed by atoms with Crippen molar-refractivity contribution in [3.8, 4) is 0 Å². The van der Waals surface area contributed by atoms with Crippen molar-refractivity contribution in [2.45, 2.75) is 51.7 Å². The molecule has 1 rings (SSSR count).